The number of hydrogen-bond acceptors (Lipinski definition) is 5. The van der Waals surface area contributed by atoms with Crippen LogP contribution in [0.25, 0.3) is 22.6 Å². The van der Waals surface area contributed by atoms with Crippen LogP contribution in [0.4, 0.5) is 10.2 Å². The molecular formula is C22H21FN6S. The second-order valence-corrected chi connectivity index (χ2v) is 7.49. The lowest BCUT2D eigenvalue weighted by atomic mass is 10.1. The molecule has 0 spiro atoms. The van der Waals surface area contributed by atoms with Crippen LogP contribution >= 0.6 is 11.8 Å². The smallest absolute Gasteiger partial charge is 0.153 e. The molecule has 4 aromatic rings. The van der Waals surface area contributed by atoms with Crippen LogP contribution in [0.1, 0.15) is 12.9 Å². The molecule has 0 atom stereocenters. The summed E-state index contributed by atoms with van der Waals surface area (Å²) < 4.78 is 14.0. The van der Waals surface area contributed by atoms with E-state index in [1.165, 1.54) is 24.2 Å². The molecule has 6 nitrogen and oxygen atoms in total. The molecule has 3 N–H and O–H groups in total. The second-order valence-electron chi connectivity index (χ2n) is 6.47. The first-order chi connectivity index (χ1) is 14.6. The fourth-order valence-corrected chi connectivity index (χ4v) is 3.76. The number of aromatic amines is 1. The number of aryl methyl sites for hydroxylation is 1. The Hall–Kier alpha value is -3.52. The molecule has 0 saturated carbocycles. The second kappa shape index (κ2) is 8.87. The highest BCUT2D eigenvalue weighted by atomic mass is 32.2. The van der Waals surface area contributed by atoms with Gasteiger partial charge in [-0.3, -0.25) is 4.98 Å². The van der Waals surface area contributed by atoms with Gasteiger partial charge in [0.25, 0.3) is 0 Å². The number of thioether (sulfide) groups is 1. The summed E-state index contributed by atoms with van der Waals surface area (Å²) in [6.07, 6.45) is 2.91. The fraction of sp³-hybridized carbons (Fsp3) is 0.0909. The van der Waals surface area contributed by atoms with Gasteiger partial charge in [-0.25, -0.2) is 19.4 Å². The van der Waals surface area contributed by atoms with Crippen LogP contribution in [0.5, 0.6) is 0 Å². The van der Waals surface area contributed by atoms with Gasteiger partial charge in [0.1, 0.15) is 11.6 Å². The van der Waals surface area contributed by atoms with Crippen molar-refractivity contribution in [2.45, 2.75) is 17.6 Å². The van der Waals surface area contributed by atoms with Crippen molar-refractivity contribution in [1.29, 1.82) is 0 Å². The van der Waals surface area contributed by atoms with Crippen LogP contribution in [0.3, 0.4) is 0 Å². The number of hydrogen-bond donors (Lipinski definition) is 2. The fourth-order valence-electron chi connectivity index (χ4n) is 2.95. The summed E-state index contributed by atoms with van der Waals surface area (Å²) in [6.45, 7) is 1.94. The van der Waals surface area contributed by atoms with Gasteiger partial charge in [-0.1, -0.05) is 18.2 Å². The molecule has 30 heavy (non-hydrogen) atoms. The van der Waals surface area contributed by atoms with Gasteiger partial charge in [-0.05, 0) is 43.3 Å². The van der Waals surface area contributed by atoms with Gasteiger partial charge in [-0.15, -0.1) is 11.8 Å². The molecule has 152 valence electrons. The SMILES string of the molecule is Cc1cccc(-c2[nH]c(CSc3ccccc3F)nc2-c2ccc(N=CN)nc2)n1.[HH]. The predicted octanol–water partition coefficient (Wildman–Crippen LogP) is 5.14. The Morgan fingerprint density at radius 1 is 1.13 bits per heavy atom. The number of aliphatic imine (C=N–C) groups is 1. The third-order valence-electron chi connectivity index (χ3n) is 4.33. The zero-order valence-electron chi connectivity index (χ0n) is 16.2. The lowest BCUT2D eigenvalue weighted by molar-refractivity contribution is 0.602. The predicted molar refractivity (Wildman–Crippen MR) is 120 cm³/mol. The summed E-state index contributed by atoms with van der Waals surface area (Å²) in [7, 11) is 0. The molecule has 0 bridgehead atoms. The summed E-state index contributed by atoms with van der Waals surface area (Å²) in [4.78, 5) is 21.6. The van der Waals surface area contributed by atoms with Crippen molar-refractivity contribution < 1.29 is 5.82 Å². The quantitative estimate of drug-likeness (QED) is 0.256. The van der Waals surface area contributed by atoms with Crippen LogP contribution in [0.2, 0.25) is 0 Å². The number of H-pyrrole nitrogens is 1. The summed E-state index contributed by atoms with van der Waals surface area (Å²) >= 11 is 1.39. The molecule has 8 heteroatoms. The van der Waals surface area contributed by atoms with E-state index in [1.807, 2.05) is 37.3 Å². The van der Waals surface area contributed by atoms with Crippen molar-refractivity contribution in [2.24, 2.45) is 10.7 Å². The number of rotatable bonds is 6. The van der Waals surface area contributed by atoms with Gasteiger partial charge in [0.2, 0.25) is 0 Å². The average Bonchev–Trinajstić information content (AvgIpc) is 3.18. The molecule has 0 unspecified atom stereocenters. The maximum absolute atomic E-state index is 14.0. The van der Waals surface area contributed by atoms with E-state index in [2.05, 4.69) is 19.9 Å². The Bertz CT molecular complexity index is 1190. The van der Waals surface area contributed by atoms with Crippen LogP contribution in [0, 0.1) is 12.7 Å². The van der Waals surface area contributed by atoms with Crippen molar-refractivity contribution in [3.63, 3.8) is 0 Å². The average molecular weight is 421 g/mol. The number of halogens is 1. The molecule has 0 fully saturated rings. The molecule has 0 amide bonds. The normalized spacial score (nSPS) is 11.3. The lowest BCUT2D eigenvalue weighted by Gasteiger charge is -2.03. The number of pyridine rings is 2. The minimum atomic E-state index is -0.241. The Balaban J connectivity index is 0.00000272. The third kappa shape index (κ3) is 4.38. The van der Waals surface area contributed by atoms with Gasteiger partial charge in [0.05, 0.1) is 29.2 Å². The number of nitrogens with two attached hydrogens (primary N) is 1. The van der Waals surface area contributed by atoms with E-state index in [9.17, 15) is 4.39 Å². The Labute approximate surface area is 179 Å². The summed E-state index contributed by atoms with van der Waals surface area (Å²) in [5.74, 6) is 1.49. The van der Waals surface area contributed by atoms with E-state index in [0.29, 0.717) is 16.5 Å². The number of imidazole rings is 1. The van der Waals surface area contributed by atoms with Crippen LogP contribution < -0.4 is 5.73 Å². The molecule has 0 saturated heterocycles. The molecule has 0 radical (unpaired) electrons. The minimum Gasteiger partial charge on any atom is -0.390 e. The van der Waals surface area contributed by atoms with Crippen LogP contribution in [0.15, 0.2) is 70.7 Å². The lowest BCUT2D eigenvalue weighted by Crippen LogP contribution is -1.90. The zero-order valence-corrected chi connectivity index (χ0v) is 17.0. The topological polar surface area (TPSA) is 92.8 Å². The Morgan fingerprint density at radius 3 is 2.73 bits per heavy atom. The first kappa shape index (κ1) is 19.8. The van der Waals surface area contributed by atoms with E-state index in [1.54, 1.807) is 24.4 Å². The van der Waals surface area contributed by atoms with E-state index in [4.69, 9.17) is 10.7 Å². The first-order valence-corrected chi connectivity index (χ1v) is 10.2. The van der Waals surface area contributed by atoms with Gasteiger partial charge < -0.3 is 10.7 Å². The molecule has 0 aliphatic carbocycles. The molecule has 3 heterocycles. The van der Waals surface area contributed by atoms with E-state index < -0.39 is 0 Å². The maximum Gasteiger partial charge on any atom is 0.153 e. The number of aromatic nitrogens is 4. The first-order valence-electron chi connectivity index (χ1n) is 9.25. The van der Waals surface area contributed by atoms with Crippen molar-refractivity contribution in [2.75, 3.05) is 0 Å². The van der Waals surface area contributed by atoms with E-state index >= 15 is 0 Å². The maximum atomic E-state index is 14.0. The van der Waals surface area contributed by atoms with Gasteiger partial charge >= 0.3 is 0 Å². The Kier molecular flexibility index (Phi) is 5.85. The molecule has 4 rings (SSSR count). The van der Waals surface area contributed by atoms with Crippen molar-refractivity contribution >= 4 is 23.9 Å². The minimum absolute atomic E-state index is 0. The summed E-state index contributed by atoms with van der Waals surface area (Å²) in [5, 5.41) is 0. The molecule has 1 aromatic carbocycles. The molecule has 3 aromatic heterocycles. The van der Waals surface area contributed by atoms with Gasteiger partial charge in [0, 0.05) is 23.8 Å². The van der Waals surface area contributed by atoms with Gasteiger partial charge in [-0.2, -0.15) is 0 Å². The monoisotopic (exact) mass is 420 g/mol. The van der Waals surface area contributed by atoms with Crippen molar-refractivity contribution in [1.82, 2.24) is 19.9 Å². The summed E-state index contributed by atoms with van der Waals surface area (Å²) in [5.41, 5.74) is 9.36. The number of nitrogens with zero attached hydrogens (tertiary/aromatic N) is 4. The molecular weight excluding hydrogens is 399 g/mol. The van der Waals surface area contributed by atoms with Gasteiger partial charge in [0.15, 0.2) is 5.82 Å². The largest absolute Gasteiger partial charge is 0.390 e. The van der Waals surface area contributed by atoms with E-state index in [-0.39, 0.29) is 7.24 Å². The van der Waals surface area contributed by atoms with Crippen LogP contribution in [-0.4, -0.2) is 26.3 Å². The van der Waals surface area contributed by atoms with Crippen LogP contribution in [-0.2, 0) is 5.75 Å². The van der Waals surface area contributed by atoms with E-state index in [0.717, 1.165) is 34.2 Å². The highest BCUT2D eigenvalue weighted by Gasteiger charge is 2.16. The zero-order chi connectivity index (χ0) is 20.9. The highest BCUT2D eigenvalue weighted by molar-refractivity contribution is 7.98. The highest BCUT2D eigenvalue weighted by Crippen LogP contribution is 2.32. The van der Waals surface area contributed by atoms with Crippen molar-refractivity contribution in [3.05, 3.63) is 78.1 Å². The number of nitrogens with one attached hydrogen (secondary N) is 1. The Morgan fingerprint density at radius 2 is 2.00 bits per heavy atom. The van der Waals surface area contributed by atoms with Crippen molar-refractivity contribution in [3.8, 4) is 22.6 Å². The summed E-state index contributed by atoms with van der Waals surface area (Å²) in [6, 6.07) is 16.2. The molecule has 0 aliphatic heterocycles. The third-order valence-corrected chi connectivity index (χ3v) is 5.39. The number of benzene rings is 1. The molecule has 0 aliphatic rings. The standard InChI is InChI=1S/C22H19FN6S.H2/c1-14-5-4-7-17(27-14)22-21(15-9-10-19(25-11-15)26-13-24)28-20(29-22)12-30-18-8-3-2-6-16(18)23;/h2-11,13H,12H2,1H3,(H,28,29)(H2,24,25,26);1H.